The summed E-state index contributed by atoms with van der Waals surface area (Å²) < 4.78 is 0. The maximum absolute atomic E-state index is 8.83. The third-order valence-corrected chi connectivity index (χ3v) is 1.30. The Balaban J connectivity index is 2.75. The highest BCUT2D eigenvalue weighted by Gasteiger charge is 1.93. The maximum Gasteiger partial charge on any atom is 0.0512 e. The van der Waals surface area contributed by atoms with Crippen LogP contribution >= 0.6 is 0 Å². The highest BCUT2D eigenvalue weighted by molar-refractivity contribution is 4.48. The van der Waals surface area contributed by atoms with E-state index in [1.165, 1.54) is 6.42 Å². The fourth-order valence-electron chi connectivity index (χ4n) is 0.742. The molecule has 0 heterocycles. The van der Waals surface area contributed by atoms with Crippen LogP contribution in [0.2, 0.25) is 0 Å². The summed E-state index contributed by atoms with van der Waals surface area (Å²) >= 11 is 0. The van der Waals surface area contributed by atoms with E-state index in [2.05, 4.69) is 5.32 Å². The van der Waals surface area contributed by atoms with Gasteiger partial charge in [0.1, 0.15) is 0 Å². The average molecular weight is 131 g/mol. The van der Waals surface area contributed by atoms with Crippen molar-refractivity contribution in [1.82, 2.24) is 5.32 Å². The molecular weight excluding hydrogens is 114 g/mol. The first-order chi connectivity index (χ1) is 4.27. The zero-order valence-corrected chi connectivity index (χ0v) is 6.35. The third kappa shape index (κ3) is 7.92. The summed E-state index contributed by atoms with van der Waals surface area (Å²) in [6.07, 6.45) is 3.10. The van der Waals surface area contributed by atoms with E-state index in [1.807, 2.05) is 14.0 Å². The Kier molecular flexibility index (Phi) is 5.99. The van der Waals surface area contributed by atoms with Crippen molar-refractivity contribution in [3.05, 3.63) is 0 Å². The Labute approximate surface area is 57.3 Å². The second-order valence-corrected chi connectivity index (χ2v) is 2.45. The smallest absolute Gasteiger partial charge is 0.0512 e. The predicted octanol–water partition coefficient (Wildman–Crippen LogP) is 0.757. The van der Waals surface area contributed by atoms with Crippen LogP contribution in [0, 0.1) is 0 Å². The monoisotopic (exact) mass is 131 g/mol. The van der Waals surface area contributed by atoms with E-state index >= 15 is 0 Å². The standard InChI is InChI=1S/C7H17NO/c1-7(9)5-3-4-6-8-2/h7-9H,3-6H2,1-2H3. The van der Waals surface area contributed by atoms with Crippen LogP contribution in [0.3, 0.4) is 0 Å². The molecule has 0 bridgehead atoms. The summed E-state index contributed by atoms with van der Waals surface area (Å²) in [4.78, 5) is 0. The largest absolute Gasteiger partial charge is 0.393 e. The Morgan fingerprint density at radius 3 is 2.56 bits per heavy atom. The van der Waals surface area contributed by atoms with Crippen molar-refractivity contribution in [3.63, 3.8) is 0 Å². The van der Waals surface area contributed by atoms with Gasteiger partial charge in [0, 0.05) is 0 Å². The lowest BCUT2D eigenvalue weighted by molar-refractivity contribution is 0.180. The molecule has 0 fully saturated rings. The van der Waals surface area contributed by atoms with E-state index in [0.717, 1.165) is 19.4 Å². The van der Waals surface area contributed by atoms with Crippen LogP contribution in [0.15, 0.2) is 0 Å². The zero-order valence-electron chi connectivity index (χ0n) is 6.35. The highest BCUT2D eigenvalue weighted by atomic mass is 16.3. The van der Waals surface area contributed by atoms with Crippen LogP contribution in [0.1, 0.15) is 26.2 Å². The third-order valence-electron chi connectivity index (χ3n) is 1.30. The van der Waals surface area contributed by atoms with Crippen molar-refractivity contribution in [3.8, 4) is 0 Å². The summed E-state index contributed by atoms with van der Waals surface area (Å²) in [5, 5.41) is 11.9. The fourth-order valence-corrected chi connectivity index (χ4v) is 0.742. The van der Waals surface area contributed by atoms with Crippen molar-refractivity contribution >= 4 is 0 Å². The van der Waals surface area contributed by atoms with Gasteiger partial charge in [-0.1, -0.05) is 0 Å². The number of unbranched alkanes of at least 4 members (excludes halogenated alkanes) is 1. The minimum Gasteiger partial charge on any atom is -0.393 e. The van der Waals surface area contributed by atoms with Crippen LogP contribution in [-0.2, 0) is 0 Å². The normalized spacial score (nSPS) is 13.7. The van der Waals surface area contributed by atoms with Gasteiger partial charge in [-0.15, -0.1) is 0 Å². The first-order valence-electron chi connectivity index (χ1n) is 3.60. The zero-order chi connectivity index (χ0) is 7.11. The second-order valence-electron chi connectivity index (χ2n) is 2.45. The van der Waals surface area contributed by atoms with Crippen LogP contribution in [0.5, 0.6) is 0 Å². The van der Waals surface area contributed by atoms with E-state index < -0.39 is 0 Å². The van der Waals surface area contributed by atoms with Crippen molar-refractivity contribution in [2.24, 2.45) is 0 Å². The van der Waals surface area contributed by atoms with E-state index in [9.17, 15) is 0 Å². The Hall–Kier alpha value is -0.0800. The lowest BCUT2D eigenvalue weighted by Crippen LogP contribution is -2.08. The average Bonchev–Trinajstić information content (AvgIpc) is 1.80. The minimum atomic E-state index is -0.123. The summed E-state index contributed by atoms with van der Waals surface area (Å²) in [5.74, 6) is 0. The molecule has 56 valence electrons. The SMILES string of the molecule is CNCCCCC(C)O. The number of rotatable bonds is 5. The van der Waals surface area contributed by atoms with Gasteiger partial charge in [0.25, 0.3) is 0 Å². The molecule has 1 unspecified atom stereocenters. The Morgan fingerprint density at radius 1 is 1.44 bits per heavy atom. The quantitative estimate of drug-likeness (QED) is 0.540. The van der Waals surface area contributed by atoms with Crippen molar-refractivity contribution < 1.29 is 5.11 Å². The van der Waals surface area contributed by atoms with Crippen LogP contribution in [-0.4, -0.2) is 24.8 Å². The van der Waals surface area contributed by atoms with Crippen molar-refractivity contribution in [2.45, 2.75) is 32.3 Å². The van der Waals surface area contributed by atoms with Gasteiger partial charge in [-0.25, -0.2) is 0 Å². The number of aliphatic hydroxyl groups excluding tert-OH is 1. The van der Waals surface area contributed by atoms with Crippen molar-refractivity contribution in [2.75, 3.05) is 13.6 Å². The van der Waals surface area contributed by atoms with Gasteiger partial charge in [-0.2, -0.15) is 0 Å². The molecule has 0 aromatic rings. The number of aliphatic hydroxyl groups is 1. The first kappa shape index (κ1) is 8.92. The molecule has 0 aliphatic carbocycles. The minimum absolute atomic E-state index is 0.123. The van der Waals surface area contributed by atoms with Crippen molar-refractivity contribution in [1.29, 1.82) is 0 Å². The fraction of sp³-hybridized carbons (Fsp3) is 1.00. The molecule has 2 heteroatoms. The summed E-state index contributed by atoms with van der Waals surface area (Å²) in [6.45, 7) is 2.89. The molecule has 0 aromatic carbocycles. The molecule has 0 aromatic heterocycles. The Morgan fingerprint density at radius 2 is 2.11 bits per heavy atom. The topological polar surface area (TPSA) is 32.3 Å². The lowest BCUT2D eigenvalue weighted by atomic mass is 10.2. The molecule has 0 saturated carbocycles. The molecule has 9 heavy (non-hydrogen) atoms. The van der Waals surface area contributed by atoms with Crippen LogP contribution in [0.25, 0.3) is 0 Å². The summed E-state index contributed by atoms with van der Waals surface area (Å²) in [5.41, 5.74) is 0. The number of nitrogens with one attached hydrogen (secondary N) is 1. The summed E-state index contributed by atoms with van der Waals surface area (Å²) in [6, 6.07) is 0. The molecule has 0 saturated heterocycles. The van der Waals surface area contributed by atoms with Gasteiger partial charge in [-0.3, -0.25) is 0 Å². The van der Waals surface area contributed by atoms with Gasteiger partial charge in [0.15, 0.2) is 0 Å². The van der Waals surface area contributed by atoms with E-state index in [-0.39, 0.29) is 6.10 Å². The molecule has 1 atom stereocenters. The Bertz CT molecular complexity index is 54.9. The molecular formula is C7H17NO. The molecule has 0 amide bonds. The van der Waals surface area contributed by atoms with Gasteiger partial charge >= 0.3 is 0 Å². The van der Waals surface area contributed by atoms with E-state index in [1.54, 1.807) is 0 Å². The molecule has 2 nitrogen and oxygen atoms in total. The van der Waals surface area contributed by atoms with Gasteiger partial charge in [0.2, 0.25) is 0 Å². The van der Waals surface area contributed by atoms with Crippen LogP contribution in [0.4, 0.5) is 0 Å². The van der Waals surface area contributed by atoms with Gasteiger partial charge in [0.05, 0.1) is 6.10 Å². The van der Waals surface area contributed by atoms with Crippen LogP contribution < -0.4 is 5.32 Å². The molecule has 0 aliphatic rings. The molecule has 0 radical (unpaired) electrons. The lowest BCUT2D eigenvalue weighted by Gasteiger charge is -2.01. The summed E-state index contributed by atoms with van der Waals surface area (Å²) in [7, 11) is 1.95. The molecule has 0 rings (SSSR count). The molecule has 0 aliphatic heterocycles. The van der Waals surface area contributed by atoms with Gasteiger partial charge in [-0.05, 0) is 39.8 Å². The molecule has 0 spiro atoms. The number of hydrogen-bond acceptors (Lipinski definition) is 2. The predicted molar refractivity (Wildman–Crippen MR) is 39.5 cm³/mol. The molecule has 2 N–H and O–H groups in total. The second kappa shape index (κ2) is 6.05. The van der Waals surface area contributed by atoms with E-state index in [4.69, 9.17) is 5.11 Å². The maximum atomic E-state index is 8.83. The van der Waals surface area contributed by atoms with Gasteiger partial charge < -0.3 is 10.4 Å². The highest BCUT2D eigenvalue weighted by Crippen LogP contribution is 1.97. The number of hydrogen-bond donors (Lipinski definition) is 2. The first-order valence-corrected chi connectivity index (χ1v) is 3.60. The van der Waals surface area contributed by atoms with E-state index in [0.29, 0.717) is 0 Å².